The van der Waals surface area contributed by atoms with Gasteiger partial charge in [0.2, 0.25) is 0 Å². The first kappa shape index (κ1) is 16.2. The lowest BCUT2D eigenvalue weighted by molar-refractivity contribution is -0.213. The van der Waals surface area contributed by atoms with Crippen LogP contribution in [0.15, 0.2) is 23.2 Å². The predicted octanol–water partition coefficient (Wildman–Crippen LogP) is 0.903. The zero-order valence-electron chi connectivity index (χ0n) is 14.0. The smallest absolute Gasteiger partial charge is 0.273 e. The van der Waals surface area contributed by atoms with Gasteiger partial charge >= 0.3 is 0 Å². The zero-order valence-corrected chi connectivity index (χ0v) is 14.0. The molecule has 1 amide bonds. The third-order valence-corrected chi connectivity index (χ3v) is 4.01. The lowest BCUT2D eigenvalue weighted by Gasteiger charge is -2.15. The predicted molar refractivity (Wildman–Crippen MR) is 88.4 cm³/mol. The molecule has 1 fully saturated rings. The van der Waals surface area contributed by atoms with Crippen molar-refractivity contribution in [3.63, 3.8) is 0 Å². The van der Waals surface area contributed by atoms with Crippen molar-refractivity contribution in [3.05, 3.63) is 40.7 Å². The second kappa shape index (κ2) is 6.43. The molecule has 0 saturated heterocycles. The van der Waals surface area contributed by atoms with E-state index in [2.05, 4.69) is 20.6 Å². The Hall–Kier alpha value is -2.70. The number of aliphatic imine (C=N–C) groups is 1. The fourth-order valence-corrected chi connectivity index (χ4v) is 2.51. The zero-order chi connectivity index (χ0) is 17.3. The van der Waals surface area contributed by atoms with Crippen LogP contribution >= 0.6 is 0 Å². The van der Waals surface area contributed by atoms with Crippen LogP contribution in [0.4, 0.5) is 0 Å². The first-order valence-corrected chi connectivity index (χ1v) is 8.07. The molecule has 0 radical (unpaired) electrons. The Labute approximate surface area is 140 Å². The third-order valence-electron chi connectivity index (χ3n) is 4.01. The maximum Gasteiger partial charge on any atom is 0.273 e. The summed E-state index contributed by atoms with van der Waals surface area (Å²) in [5.41, 5.74) is 3.15. The van der Waals surface area contributed by atoms with E-state index in [4.69, 9.17) is 0 Å². The second-order valence-corrected chi connectivity index (χ2v) is 5.96. The third kappa shape index (κ3) is 3.15. The Balaban J connectivity index is 1.89. The lowest BCUT2D eigenvalue weighted by atomic mass is 10.1. The molecule has 1 saturated carbocycles. The molecule has 0 aliphatic heterocycles. The lowest BCUT2D eigenvalue weighted by Crippen LogP contribution is -2.26. The molecule has 1 N–H and O–H groups in total. The van der Waals surface area contributed by atoms with Gasteiger partial charge in [-0.2, -0.15) is 0 Å². The molecule has 24 heavy (non-hydrogen) atoms. The van der Waals surface area contributed by atoms with E-state index in [1.54, 1.807) is 16.8 Å². The van der Waals surface area contributed by atoms with Gasteiger partial charge in [0.25, 0.3) is 5.91 Å². The molecule has 7 nitrogen and oxygen atoms in total. The highest BCUT2D eigenvalue weighted by Crippen LogP contribution is 2.20. The molecule has 1 aromatic carbocycles. The highest BCUT2D eigenvalue weighted by molar-refractivity contribution is 5.94. The molecule has 1 aromatic heterocycles. The first-order valence-electron chi connectivity index (χ1n) is 8.07. The van der Waals surface area contributed by atoms with Crippen molar-refractivity contribution in [1.82, 2.24) is 20.3 Å². The van der Waals surface area contributed by atoms with Gasteiger partial charge in [0.05, 0.1) is 11.4 Å². The fourth-order valence-electron chi connectivity index (χ4n) is 2.51. The van der Waals surface area contributed by atoms with E-state index < -0.39 is 0 Å². The molecular weight excluding hydrogens is 306 g/mol. The van der Waals surface area contributed by atoms with Gasteiger partial charge in [-0.25, -0.2) is 4.68 Å². The van der Waals surface area contributed by atoms with Crippen LogP contribution in [0.1, 0.15) is 47.1 Å². The van der Waals surface area contributed by atoms with Gasteiger partial charge in [0.15, 0.2) is 5.69 Å². The number of benzene rings is 1. The van der Waals surface area contributed by atoms with Crippen molar-refractivity contribution in [2.75, 3.05) is 6.54 Å². The van der Waals surface area contributed by atoms with E-state index in [1.165, 1.54) is 0 Å². The molecule has 2 aromatic rings. The Morgan fingerprint density at radius 2 is 2.17 bits per heavy atom. The highest BCUT2D eigenvalue weighted by Gasteiger charge is 2.26. The van der Waals surface area contributed by atoms with E-state index >= 15 is 0 Å². The molecule has 3 rings (SSSR count). The number of nitrogens with one attached hydrogen (secondary N) is 1. The molecule has 126 valence electrons. The highest BCUT2D eigenvalue weighted by atomic mass is 16.3. The SMILES string of the molecule is CCN=C([O-])c1ccc(-n2nnc(C(=O)NC3CC3)c2C)cc1C. The van der Waals surface area contributed by atoms with Crippen LogP contribution in [0.5, 0.6) is 0 Å². The number of hydrogen-bond donors (Lipinski definition) is 1. The van der Waals surface area contributed by atoms with Gasteiger partial charge in [0, 0.05) is 12.6 Å². The molecule has 0 bridgehead atoms. The van der Waals surface area contributed by atoms with Crippen molar-refractivity contribution in [2.24, 2.45) is 4.99 Å². The average molecular weight is 326 g/mol. The van der Waals surface area contributed by atoms with Crippen molar-refractivity contribution in [1.29, 1.82) is 0 Å². The van der Waals surface area contributed by atoms with E-state index in [0.29, 0.717) is 23.5 Å². The van der Waals surface area contributed by atoms with Gasteiger partial charge in [0.1, 0.15) is 0 Å². The first-order chi connectivity index (χ1) is 11.5. The number of aromatic nitrogens is 3. The van der Waals surface area contributed by atoms with E-state index in [-0.39, 0.29) is 17.8 Å². The minimum atomic E-state index is -0.221. The van der Waals surface area contributed by atoms with Crippen LogP contribution in [0.3, 0.4) is 0 Å². The van der Waals surface area contributed by atoms with Crippen LogP contribution in [-0.4, -0.2) is 39.4 Å². The van der Waals surface area contributed by atoms with Gasteiger partial charge in [-0.3, -0.25) is 4.79 Å². The van der Waals surface area contributed by atoms with Gasteiger partial charge in [-0.15, -0.1) is 5.10 Å². The molecule has 0 spiro atoms. The topological polar surface area (TPSA) is 95.2 Å². The minimum absolute atomic E-state index is 0.188. The number of aryl methyl sites for hydroxylation is 1. The standard InChI is InChI=1S/C17H21N5O2/c1-4-18-16(23)14-8-7-13(9-10(14)2)22-11(3)15(20-21-22)17(24)19-12-5-6-12/h7-9,12H,4-6H2,1-3H3,(H,18,23)(H,19,24)/p-1. The maximum absolute atomic E-state index is 12.2. The Morgan fingerprint density at radius 3 is 2.79 bits per heavy atom. The van der Waals surface area contributed by atoms with Crippen molar-refractivity contribution >= 4 is 11.8 Å². The van der Waals surface area contributed by atoms with Gasteiger partial charge in [-0.1, -0.05) is 11.3 Å². The molecule has 0 unspecified atom stereocenters. The number of carbonyl (C=O) groups excluding carboxylic acids is 1. The quantitative estimate of drug-likeness (QED) is 0.652. The summed E-state index contributed by atoms with van der Waals surface area (Å²) in [7, 11) is 0. The van der Waals surface area contributed by atoms with Crippen molar-refractivity contribution in [3.8, 4) is 5.69 Å². The van der Waals surface area contributed by atoms with Crippen molar-refractivity contribution < 1.29 is 9.90 Å². The maximum atomic E-state index is 12.2. The number of rotatable bonds is 5. The number of carbonyl (C=O) groups is 1. The summed E-state index contributed by atoms with van der Waals surface area (Å²) in [5, 5.41) is 22.9. The Kier molecular flexibility index (Phi) is 4.33. The van der Waals surface area contributed by atoms with Crippen LogP contribution in [-0.2, 0) is 0 Å². The molecule has 1 heterocycles. The molecule has 7 heteroatoms. The summed E-state index contributed by atoms with van der Waals surface area (Å²) < 4.78 is 1.61. The fraction of sp³-hybridized carbons (Fsp3) is 0.412. The van der Waals surface area contributed by atoms with Crippen LogP contribution in [0, 0.1) is 13.8 Å². The Bertz CT molecular complexity index is 805. The van der Waals surface area contributed by atoms with Crippen LogP contribution in [0.25, 0.3) is 5.69 Å². The largest absolute Gasteiger partial charge is 0.858 e. The summed E-state index contributed by atoms with van der Waals surface area (Å²) in [6, 6.07) is 5.65. The van der Waals surface area contributed by atoms with Crippen LogP contribution in [0.2, 0.25) is 0 Å². The average Bonchev–Trinajstić information content (AvgIpc) is 3.27. The number of amides is 1. The molecule has 0 atom stereocenters. The number of nitrogens with zero attached hydrogens (tertiary/aromatic N) is 4. The van der Waals surface area contributed by atoms with Crippen LogP contribution < -0.4 is 10.4 Å². The van der Waals surface area contributed by atoms with E-state index in [1.807, 2.05) is 26.8 Å². The van der Waals surface area contributed by atoms with E-state index in [0.717, 1.165) is 24.1 Å². The Morgan fingerprint density at radius 1 is 1.42 bits per heavy atom. The number of hydrogen-bond acceptors (Lipinski definition) is 5. The normalized spacial score (nSPS) is 14.7. The molecule has 1 aliphatic rings. The van der Waals surface area contributed by atoms with Gasteiger partial charge < -0.3 is 15.4 Å². The molecule has 1 aliphatic carbocycles. The summed E-state index contributed by atoms with van der Waals surface area (Å²) in [4.78, 5) is 16.1. The summed E-state index contributed by atoms with van der Waals surface area (Å²) in [6.07, 6.45) is 2.05. The summed E-state index contributed by atoms with van der Waals surface area (Å²) >= 11 is 0. The van der Waals surface area contributed by atoms with Crippen molar-refractivity contribution in [2.45, 2.75) is 39.7 Å². The monoisotopic (exact) mass is 326 g/mol. The molecular formula is C17H20N5O2-. The summed E-state index contributed by atoms with van der Waals surface area (Å²) in [6.45, 7) is 5.95. The summed E-state index contributed by atoms with van der Waals surface area (Å²) in [5.74, 6) is -0.409. The minimum Gasteiger partial charge on any atom is -0.858 e. The second-order valence-electron chi connectivity index (χ2n) is 5.96. The van der Waals surface area contributed by atoms with E-state index in [9.17, 15) is 9.90 Å². The van der Waals surface area contributed by atoms with Gasteiger partial charge in [-0.05, 0) is 62.8 Å².